The van der Waals surface area contributed by atoms with E-state index in [0.717, 1.165) is 34.6 Å². The molecular weight excluding hydrogens is 580 g/mol. The van der Waals surface area contributed by atoms with Crippen LogP contribution in [-0.4, -0.2) is 44.4 Å². The van der Waals surface area contributed by atoms with Crippen LogP contribution in [0.5, 0.6) is 5.75 Å². The second kappa shape index (κ2) is 10.9. The van der Waals surface area contributed by atoms with E-state index < -0.39 is 69.1 Å². The van der Waals surface area contributed by atoms with Crippen molar-refractivity contribution in [3.8, 4) is 16.9 Å². The summed E-state index contributed by atoms with van der Waals surface area (Å²) in [5.74, 6) is -2.71. The van der Waals surface area contributed by atoms with Crippen molar-refractivity contribution in [3.63, 3.8) is 0 Å². The van der Waals surface area contributed by atoms with Gasteiger partial charge in [0, 0.05) is 12.5 Å². The van der Waals surface area contributed by atoms with E-state index in [2.05, 4.69) is 4.74 Å². The Balaban J connectivity index is 1.84. The van der Waals surface area contributed by atoms with Crippen LogP contribution in [0.15, 0.2) is 65.6 Å². The van der Waals surface area contributed by atoms with Crippen LogP contribution in [0.25, 0.3) is 11.1 Å². The molecule has 0 aromatic heterocycles. The number of alkyl halides is 5. The summed E-state index contributed by atoms with van der Waals surface area (Å²) >= 11 is 0. The van der Waals surface area contributed by atoms with Gasteiger partial charge in [0.05, 0.1) is 28.8 Å². The fraction of sp³-hybridized carbons (Fsp3) is 0.296. The van der Waals surface area contributed by atoms with Crippen LogP contribution >= 0.6 is 0 Å². The van der Waals surface area contributed by atoms with E-state index in [1.54, 1.807) is 0 Å². The summed E-state index contributed by atoms with van der Waals surface area (Å²) in [6.07, 6.45) is -5.81. The summed E-state index contributed by atoms with van der Waals surface area (Å²) in [6.45, 7) is -1.16. The third-order valence-corrected chi connectivity index (χ3v) is 8.10. The van der Waals surface area contributed by atoms with E-state index in [0.29, 0.717) is 17.7 Å². The average molecular weight is 604 g/mol. The van der Waals surface area contributed by atoms with Gasteiger partial charge in [-0.2, -0.15) is 22.0 Å². The van der Waals surface area contributed by atoms with E-state index in [1.165, 1.54) is 32.0 Å². The number of carbonyl (C=O) groups is 1. The first-order chi connectivity index (χ1) is 19.0. The third-order valence-electron chi connectivity index (χ3n) is 6.33. The van der Waals surface area contributed by atoms with Crippen molar-refractivity contribution in [3.05, 3.63) is 77.6 Å². The van der Waals surface area contributed by atoms with E-state index in [1.807, 2.05) is 0 Å². The van der Waals surface area contributed by atoms with Crippen molar-refractivity contribution in [2.75, 3.05) is 10.8 Å². The lowest BCUT2D eigenvalue weighted by Gasteiger charge is -2.38. The Labute approximate surface area is 231 Å². The normalized spacial score (nSPS) is 16.0. The van der Waals surface area contributed by atoms with Crippen LogP contribution in [0.2, 0.25) is 0 Å². The molecule has 0 aliphatic carbocycles. The Morgan fingerprint density at radius 3 is 2.37 bits per heavy atom. The van der Waals surface area contributed by atoms with Crippen molar-refractivity contribution < 1.29 is 54.1 Å². The fourth-order valence-corrected chi connectivity index (χ4v) is 5.95. The van der Waals surface area contributed by atoms with Gasteiger partial charge in [-0.25, -0.2) is 17.6 Å². The second-order valence-corrected chi connectivity index (χ2v) is 11.6. The van der Waals surface area contributed by atoms with Crippen LogP contribution in [0.1, 0.15) is 25.0 Å². The lowest BCUT2D eigenvalue weighted by molar-refractivity contribution is -0.167. The molecule has 1 N–H and O–H groups in total. The lowest BCUT2D eigenvalue weighted by atomic mass is 9.96. The molecule has 1 heterocycles. The molecule has 14 heteroatoms. The molecule has 0 amide bonds. The molecule has 0 saturated heterocycles. The van der Waals surface area contributed by atoms with Gasteiger partial charge < -0.3 is 14.6 Å². The topological polar surface area (TPSA) is 93.1 Å². The maximum absolute atomic E-state index is 14.2. The zero-order valence-electron chi connectivity index (χ0n) is 21.5. The number of rotatable bonds is 8. The quantitative estimate of drug-likeness (QED) is 0.313. The monoisotopic (exact) mass is 603 g/mol. The molecule has 0 bridgehead atoms. The van der Waals surface area contributed by atoms with E-state index in [4.69, 9.17) is 4.74 Å². The van der Waals surface area contributed by atoms with Gasteiger partial charge in [0.25, 0.3) is 10.0 Å². The first kappa shape index (κ1) is 30.2. The van der Waals surface area contributed by atoms with Gasteiger partial charge in [0.2, 0.25) is 0 Å². The van der Waals surface area contributed by atoms with Crippen LogP contribution in [0.3, 0.4) is 0 Å². The highest BCUT2D eigenvalue weighted by Gasteiger charge is 2.40. The Hall–Kier alpha value is -3.78. The molecule has 1 aliphatic heterocycles. The molecule has 220 valence electrons. The number of sulfonamides is 1. The first-order valence-corrected chi connectivity index (χ1v) is 13.4. The largest absolute Gasteiger partial charge is 0.479 e. The number of fused-ring (bicyclic) bond motifs is 1. The van der Waals surface area contributed by atoms with Gasteiger partial charge >= 0.3 is 18.8 Å². The molecule has 41 heavy (non-hydrogen) atoms. The molecule has 0 radical (unpaired) electrons. The molecule has 0 saturated carbocycles. The standard InChI is InChI=1S/C27H23F6NO6S/c1-26(2,24(35)36)40-21-9-16-7-6-15(17-8-19(28)13-20(10-17)39-25(29)30)11-23(16)34(14-21)41(37,38)22-5-3-4-18(12-22)27(31,32)33/h3-8,10-13,21,25H,9,14H2,1-2H3,(H,35,36). The van der Waals surface area contributed by atoms with Gasteiger partial charge in [-0.3, -0.25) is 4.31 Å². The summed E-state index contributed by atoms with van der Waals surface area (Å²) in [5, 5.41) is 9.49. The van der Waals surface area contributed by atoms with Gasteiger partial charge in [-0.15, -0.1) is 0 Å². The molecule has 3 aromatic rings. The number of hydrogen-bond donors (Lipinski definition) is 1. The summed E-state index contributed by atoms with van der Waals surface area (Å²) in [6, 6.07) is 10.2. The molecule has 4 rings (SSSR count). The predicted octanol–water partition coefficient (Wildman–Crippen LogP) is 6.11. The number of carboxylic acids is 1. The van der Waals surface area contributed by atoms with Crippen molar-refractivity contribution in [1.29, 1.82) is 0 Å². The minimum Gasteiger partial charge on any atom is -0.479 e. The number of ether oxygens (including phenoxy) is 2. The lowest BCUT2D eigenvalue weighted by Crippen LogP contribution is -2.48. The minimum atomic E-state index is -4.83. The van der Waals surface area contributed by atoms with Gasteiger partial charge in [0.15, 0.2) is 5.60 Å². The number of nitrogens with zero attached hydrogens (tertiary/aromatic N) is 1. The average Bonchev–Trinajstić information content (AvgIpc) is 2.86. The highest BCUT2D eigenvalue weighted by Crippen LogP contribution is 2.39. The van der Waals surface area contributed by atoms with E-state index >= 15 is 0 Å². The zero-order valence-corrected chi connectivity index (χ0v) is 22.3. The van der Waals surface area contributed by atoms with Crippen molar-refractivity contribution in [1.82, 2.24) is 0 Å². The van der Waals surface area contributed by atoms with Gasteiger partial charge in [0.1, 0.15) is 11.6 Å². The maximum Gasteiger partial charge on any atom is 0.416 e. The first-order valence-electron chi connectivity index (χ1n) is 12.0. The molecule has 1 aliphatic rings. The Morgan fingerprint density at radius 2 is 1.73 bits per heavy atom. The van der Waals surface area contributed by atoms with Crippen LogP contribution in [0.4, 0.5) is 32.0 Å². The number of hydrogen-bond acceptors (Lipinski definition) is 5. The molecule has 1 atom stereocenters. The van der Waals surface area contributed by atoms with Crippen LogP contribution in [-0.2, 0) is 32.2 Å². The zero-order chi connectivity index (χ0) is 30.3. The molecule has 0 fully saturated rings. The SMILES string of the molecule is CC(C)(OC1Cc2ccc(-c3cc(F)cc(OC(F)F)c3)cc2N(S(=O)(=O)c2cccc(C(F)(F)F)c2)C1)C(=O)O. The summed E-state index contributed by atoms with van der Waals surface area (Å²) in [5.41, 5.74) is -2.33. The van der Waals surface area contributed by atoms with Crippen molar-refractivity contribution in [2.24, 2.45) is 0 Å². The van der Waals surface area contributed by atoms with Gasteiger partial charge in [-0.1, -0.05) is 18.2 Å². The second-order valence-electron chi connectivity index (χ2n) is 9.72. The Bertz CT molecular complexity index is 1570. The number of anilines is 1. The number of benzene rings is 3. The smallest absolute Gasteiger partial charge is 0.416 e. The van der Waals surface area contributed by atoms with Crippen molar-refractivity contribution in [2.45, 2.75) is 49.7 Å². The Morgan fingerprint density at radius 1 is 1.02 bits per heavy atom. The molecule has 7 nitrogen and oxygen atoms in total. The molecule has 1 unspecified atom stereocenters. The summed E-state index contributed by atoms with van der Waals surface area (Å²) < 4.78 is 118. The number of halogens is 6. The number of aliphatic carboxylic acids is 1. The number of carboxylic acid groups (broad SMARTS) is 1. The summed E-state index contributed by atoms with van der Waals surface area (Å²) in [7, 11) is -4.69. The van der Waals surface area contributed by atoms with Crippen LogP contribution < -0.4 is 9.04 Å². The van der Waals surface area contributed by atoms with E-state index in [-0.39, 0.29) is 23.2 Å². The fourth-order valence-electron chi connectivity index (χ4n) is 4.38. The Kier molecular flexibility index (Phi) is 8.02. The molecule has 0 spiro atoms. The third kappa shape index (κ3) is 6.59. The van der Waals surface area contributed by atoms with Crippen molar-refractivity contribution >= 4 is 21.7 Å². The minimum absolute atomic E-state index is 0.00785. The summed E-state index contributed by atoms with van der Waals surface area (Å²) in [4.78, 5) is 11.0. The predicted molar refractivity (Wildman–Crippen MR) is 135 cm³/mol. The van der Waals surface area contributed by atoms with E-state index in [9.17, 15) is 44.7 Å². The molecular formula is C27H23F6NO6S. The van der Waals surface area contributed by atoms with Crippen LogP contribution in [0, 0.1) is 5.82 Å². The maximum atomic E-state index is 14.2. The molecule has 3 aromatic carbocycles. The van der Waals surface area contributed by atoms with Gasteiger partial charge in [-0.05, 0) is 66.9 Å². The highest BCUT2D eigenvalue weighted by molar-refractivity contribution is 7.92. The highest BCUT2D eigenvalue weighted by atomic mass is 32.2.